The van der Waals surface area contributed by atoms with Crippen LogP contribution in [-0.2, 0) is 14.3 Å². The lowest BCUT2D eigenvalue weighted by Crippen LogP contribution is -2.37. The molecule has 0 spiro atoms. The summed E-state index contributed by atoms with van der Waals surface area (Å²) in [6.07, 6.45) is 2.72. The molecule has 1 saturated heterocycles. The minimum Gasteiger partial charge on any atom is -0.469 e. The maximum Gasteiger partial charge on any atom is 0.310 e. The van der Waals surface area contributed by atoms with E-state index in [0.29, 0.717) is 19.0 Å². The van der Waals surface area contributed by atoms with Crippen molar-refractivity contribution in [3.63, 3.8) is 0 Å². The first kappa shape index (κ1) is 17.2. The fourth-order valence-corrected chi connectivity index (χ4v) is 2.09. The van der Waals surface area contributed by atoms with E-state index < -0.39 is 0 Å². The van der Waals surface area contributed by atoms with Crippen LogP contribution in [0.1, 0.15) is 26.2 Å². The maximum atomic E-state index is 11.9. The van der Waals surface area contributed by atoms with Gasteiger partial charge in [0.1, 0.15) is 0 Å². The van der Waals surface area contributed by atoms with Gasteiger partial charge in [-0.15, -0.1) is 12.4 Å². The van der Waals surface area contributed by atoms with Gasteiger partial charge < -0.3 is 15.0 Å². The van der Waals surface area contributed by atoms with Crippen molar-refractivity contribution in [1.82, 2.24) is 10.2 Å². The highest BCUT2D eigenvalue weighted by atomic mass is 35.5. The maximum absolute atomic E-state index is 11.9. The highest BCUT2D eigenvalue weighted by Gasteiger charge is 2.22. The third-order valence-electron chi connectivity index (χ3n) is 3.16. The summed E-state index contributed by atoms with van der Waals surface area (Å²) >= 11 is 0. The van der Waals surface area contributed by atoms with Gasteiger partial charge in [0.2, 0.25) is 5.91 Å². The van der Waals surface area contributed by atoms with Crippen LogP contribution in [-0.4, -0.2) is 50.1 Å². The Labute approximate surface area is 115 Å². The molecule has 0 aromatic rings. The Hall–Kier alpha value is -0.810. The Morgan fingerprint density at radius 2 is 2.17 bits per heavy atom. The van der Waals surface area contributed by atoms with Crippen LogP contribution in [0, 0.1) is 5.92 Å². The number of halogens is 1. The first-order valence-corrected chi connectivity index (χ1v) is 6.09. The van der Waals surface area contributed by atoms with Crippen LogP contribution in [0.15, 0.2) is 0 Å². The Kier molecular flexibility index (Phi) is 7.95. The summed E-state index contributed by atoms with van der Waals surface area (Å²) in [4.78, 5) is 24.7. The van der Waals surface area contributed by atoms with Crippen molar-refractivity contribution in [1.29, 1.82) is 0 Å². The van der Waals surface area contributed by atoms with Crippen molar-refractivity contribution in [2.45, 2.75) is 32.2 Å². The Morgan fingerprint density at radius 3 is 2.67 bits per heavy atom. The van der Waals surface area contributed by atoms with Gasteiger partial charge in [-0.25, -0.2) is 0 Å². The number of hydrogen-bond acceptors (Lipinski definition) is 4. The summed E-state index contributed by atoms with van der Waals surface area (Å²) in [5.41, 5.74) is 0. The summed E-state index contributed by atoms with van der Waals surface area (Å²) in [5, 5.41) is 3.29. The predicted octanol–water partition coefficient (Wildman–Crippen LogP) is 0.818. The van der Waals surface area contributed by atoms with E-state index in [-0.39, 0.29) is 30.2 Å². The van der Waals surface area contributed by atoms with Crippen LogP contribution in [0.5, 0.6) is 0 Å². The molecule has 2 unspecified atom stereocenters. The molecule has 0 saturated carbocycles. The number of esters is 1. The van der Waals surface area contributed by atoms with Gasteiger partial charge in [-0.05, 0) is 19.4 Å². The summed E-state index contributed by atoms with van der Waals surface area (Å²) in [7, 11) is 3.10. The zero-order valence-electron chi connectivity index (χ0n) is 11.3. The van der Waals surface area contributed by atoms with E-state index in [9.17, 15) is 9.59 Å². The molecule has 0 aliphatic carbocycles. The normalized spacial score (nSPS) is 19.8. The monoisotopic (exact) mass is 278 g/mol. The van der Waals surface area contributed by atoms with Gasteiger partial charge >= 0.3 is 5.97 Å². The number of carbonyl (C=O) groups is 2. The second kappa shape index (κ2) is 8.32. The number of rotatable bonds is 5. The lowest BCUT2D eigenvalue weighted by Gasteiger charge is -2.21. The Balaban J connectivity index is 0.00000289. The molecule has 1 rings (SSSR count). The number of nitrogens with one attached hydrogen (secondary N) is 1. The summed E-state index contributed by atoms with van der Waals surface area (Å²) in [5.74, 6) is -0.464. The molecule has 1 amide bonds. The molecule has 1 fully saturated rings. The van der Waals surface area contributed by atoms with E-state index in [1.807, 2.05) is 0 Å². The van der Waals surface area contributed by atoms with Crippen molar-refractivity contribution in [2.24, 2.45) is 5.92 Å². The first-order valence-electron chi connectivity index (χ1n) is 6.09. The fourth-order valence-electron chi connectivity index (χ4n) is 2.09. The van der Waals surface area contributed by atoms with Gasteiger partial charge in [0.05, 0.1) is 13.0 Å². The molecule has 6 heteroatoms. The quantitative estimate of drug-likeness (QED) is 0.757. The van der Waals surface area contributed by atoms with Crippen LogP contribution in [0.25, 0.3) is 0 Å². The molecule has 0 aromatic carbocycles. The number of methoxy groups -OCH3 is 1. The molecule has 18 heavy (non-hydrogen) atoms. The van der Waals surface area contributed by atoms with Crippen LogP contribution >= 0.6 is 12.4 Å². The molecule has 2 atom stereocenters. The molecule has 1 N–H and O–H groups in total. The third-order valence-corrected chi connectivity index (χ3v) is 3.16. The third kappa shape index (κ3) is 5.23. The van der Waals surface area contributed by atoms with Gasteiger partial charge in [-0.3, -0.25) is 9.59 Å². The number of amides is 1. The lowest BCUT2D eigenvalue weighted by molar-refractivity contribution is -0.146. The van der Waals surface area contributed by atoms with Gasteiger partial charge in [0, 0.05) is 26.1 Å². The molecule has 5 nitrogen and oxygen atoms in total. The lowest BCUT2D eigenvalue weighted by atomic mass is 10.1. The van der Waals surface area contributed by atoms with Crippen molar-refractivity contribution in [2.75, 3.05) is 27.2 Å². The number of ether oxygens (including phenoxy) is 1. The number of carbonyl (C=O) groups excluding carboxylic acids is 2. The molecule has 1 aliphatic heterocycles. The van der Waals surface area contributed by atoms with Crippen molar-refractivity contribution in [3.8, 4) is 0 Å². The highest BCUT2D eigenvalue weighted by Crippen LogP contribution is 2.11. The van der Waals surface area contributed by atoms with Gasteiger partial charge in [0.15, 0.2) is 0 Å². The highest BCUT2D eigenvalue weighted by molar-refractivity contribution is 5.85. The zero-order valence-corrected chi connectivity index (χ0v) is 12.1. The molecular weight excluding hydrogens is 256 g/mol. The largest absolute Gasteiger partial charge is 0.469 e. The molecule has 0 radical (unpaired) electrons. The minimum atomic E-state index is -0.274. The Morgan fingerprint density at radius 1 is 1.50 bits per heavy atom. The minimum absolute atomic E-state index is 0. The topological polar surface area (TPSA) is 58.6 Å². The average Bonchev–Trinajstić information content (AvgIpc) is 2.80. The van der Waals surface area contributed by atoms with E-state index >= 15 is 0 Å². The smallest absolute Gasteiger partial charge is 0.310 e. The van der Waals surface area contributed by atoms with Crippen LogP contribution in [0.2, 0.25) is 0 Å². The van der Waals surface area contributed by atoms with Crippen molar-refractivity contribution < 1.29 is 14.3 Å². The van der Waals surface area contributed by atoms with E-state index in [0.717, 1.165) is 19.4 Å². The standard InChI is InChI=1S/C12H22N2O3.ClH/c1-9(12(16)17-3)8-14(2)11(15)7-10-5-4-6-13-10;/h9-10,13H,4-8H2,1-3H3;1H. The van der Waals surface area contributed by atoms with Crippen molar-refractivity contribution in [3.05, 3.63) is 0 Å². The van der Waals surface area contributed by atoms with Gasteiger partial charge in [-0.2, -0.15) is 0 Å². The SMILES string of the molecule is COC(=O)C(C)CN(C)C(=O)CC1CCCN1.Cl. The summed E-state index contributed by atoms with van der Waals surface area (Å²) in [6.45, 7) is 3.18. The number of hydrogen-bond donors (Lipinski definition) is 1. The molecular formula is C12H23ClN2O3. The van der Waals surface area contributed by atoms with E-state index in [1.165, 1.54) is 7.11 Å². The summed E-state index contributed by atoms with van der Waals surface area (Å²) in [6, 6.07) is 0.304. The summed E-state index contributed by atoms with van der Waals surface area (Å²) < 4.78 is 4.64. The van der Waals surface area contributed by atoms with Crippen LogP contribution in [0.3, 0.4) is 0 Å². The fraction of sp³-hybridized carbons (Fsp3) is 0.833. The van der Waals surface area contributed by atoms with Crippen LogP contribution in [0.4, 0.5) is 0 Å². The van der Waals surface area contributed by atoms with Crippen molar-refractivity contribution >= 4 is 24.3 Å². The average molecular weight is 279 g/mol. The van der Waals surface area contributed by atoms with Gasteiger partial charge in [-0.1, -0.05) is 6.92 Å². The van der Waals surface area contributed by atoms with Crippen LogP contribution < -0.4 is 5.32 Å². The predicted molar refractivity (Wildman–Crippen MR) is 71.7 cm³/mol. The molecule has 1 aliphatic rings. The van der Waals surface area contributed by atoms with E-state index in [4.69, 9.17) is 0 Å². The first-order chi connectivity index (χ1) is 8.04. The Bertz CT molecular complexity index is 280. The molecule has 0 aromatic heterocycles. The van der Waals surface area contributed by atoms with E-state index in [2.05, 4.69) is 10.1 Å². The second-order valence-electron chi connectivity index (χ2n) is 4.70. The molecule has 106 valence electrons. The second-order valence-corrected chi connectivity index (χ2v) is 4.70. The molecule has 0 bridgehead atoms. The van der Waals surface area contributed by atoms with E-state index in [1.54, 1.807) is 18.9 Å². The molecule has 1 heterocycles. The van der Waals surface area contributed by atoms with Gasteiger partial charge in [0.25, 0.3) is 0 Å². The number of nitrogens with zero attached hydrogens (tertiary/aromatic N) is 1. The zero-order chi connectivity index (χ0) is 12.8.